The van der Waals surface area contributed by atoms with E-state index in [1.807, 2.05) is 0 Å². The molecule has 2 aliphatic carbocycles. The van der Waals surface area contributed by atoms with Gasteiger partial charge in [-0.2, -0.15) is 0 Å². The van der Waals surface area contributed by atoms with Gasteiger partial charge in [0.25, 0.3) is 5.56 Å². The lowest BCUT2D eigenvalue weighted by molar-refractivity contribution is -0.0426. The van der Waals surface area contributed by atoms with Crippen molar-refractivity contribution in [2.75, 3.05) is 13.2 Å². The summed E-state index contributed by atoms with van der Waals surface area (Å²) in [4.78, 5) is 12.6. The predicted octanol–water partition coefficient (Wildman–Crippen LogP) is 5.84. The van der Waals surface area contributed by atoms with Crippen molar-refractivity contribution in [3.8, 4) is 5.88 Å². The van der Waals surface area contributed by atoms with Crippen LogP contribution in [0, 0.1) is 46.3 Å². The number of hydrogen-bond donors (Lipinski definition) is 1. The molecule has 7 heteroatoms. The third kappa shape index (κ3) is 7.42. The van der Waals surface area contributed by atoms with Gasteiger partial charge in [0.05, 0.1) is 38.5 Å². The summed E-state index contributed by atoms with van der Waals surface area (Å²) >= 11 is 5.61. The van der Waals surface area contributed by atoms with Gasteiger partial charge in [-0.05, 0) is 73.4 Å². The van der Waals surface area contributed by atoms with Crippen molar-refractivity contribution in [2.45, 2.75) is 105 Å². The summed E-state index contributed by atoms with van der Waals surface area (Å²) in [5, 5.41) is 10.4. The maximum Gasteiger partial charge on any atom is 0.266 e. The van der Waals surface area contributed by atoms with E-state index >= 15 is 0 Å². The van der Waals surface area contributed by atoms with Crippen LogP contribution in [0.2, 0.25) is 0 Å². The summed E-state index contributed by atoms with van der Waals surface area (Å²) in [6, 6.07) is 2.54. The average Bonchev–Trinajstić information content (AvgIpc) is 2.77. The van der Waals surface area contributed by atoms with E-state index < -0.39 is 5.56 Å². The standard InChI is InChI=1S/C28H47N2O4S/c1-18(2)22-9-7-20(5)15-24(22)33-13-11-29-26(31)17-27(32)30(28(29)35)12-14-34-25-16-21(6)8-10-23(25)19(3)4/h18-25,31H,7-16H2,1-6H3. The molecule has 0 aromatic carbocycles. The zero-order chi connectivity index (χ0) is 25.7. The van der Waals surface area contributed by atoms with Gasteiger partial charge in [-0.3, -0.25) is 13.9 Å². The third-order valence-electron chi connectivity index (χ3n) is 8.40. The molecule has 1 aromatic rings. The molecule has 2 aliphatic rings. The molecule has 1 N–H and O–H groups in total. The zero-order valence-corrected chi connectivity index (χ0v) is 23.5. The van der Waals surface area contributed by atoms with Crippen LogP contribution in [0.5, 0.6) is 5.88 Å². The molecule has 2 saturated carbocycles. The summed E-state index contributed by atoms with van der Waals surface area (Å²) < 4.78 is 16.0. The minimum absolute atomic E-state index is 0.219. The molecule has 0 saturated heterocycles. The van der Waals surface area contributed by atoms with Gasteiger partial charge in [0, 0.05) is 0 Å². The van der Waals surface area contributed by atoms with Gasteiger partial charge in [-0.25, -0.2) is 0 Å². The smallest absolute Gasteiger partial charge is 0.266 e. The highest BCUT2D eigenvalue weighted by molar-refractivity contribution is 7.71. The topological polar surface area (TPSA) is 65.6 Å². The Balaban J connectivity index is 1.62. The van der Waals surface area contributed by atoms with E-state index in [-0.39, 0.29) is 18.1 Å². The van der Waals surface area contributed by atoms with Crippen molar-refractivity contribution in [3.05, 3.63) is 21.2 Å². The number of ether oxygens (including phenoxy) is 2. The highest BCUT2D eigenvalue weighted by Crippen LogP contribution is 2.36. The van der Waals surface area contributed by atoms with Gasteiger partial charge in [0.1, 0.15) is 6.07 Å². The van der Waals surface area contributed by atoms with Crippen molar-refractivity contribution in [1.82, 2.24) is 9.13 Å². The van der Waals surface area contributed by atoms with E-state index in [2.05, 4.69) is 47.6 Å². The van der Waals surface area contributed by atoms with E-state index in [0.29, 0.717) is 66.6 Å². The fraction of sp³-hybridized carbons (Fsp3) is 0.857. The number of aromatic nitrogens is 2. The van der Waals surface area contributed by atoms with Crippen LogP contribution >= 0.6 is 12.2 Å². The molecule has 1 heterocycles. The maximum absolute atomic E-state index is 12.6. The fourth-order valence-electron chi connectivity index (χ4n) is 6.16. The van der Waals surface area contributed by atoms with E-state index in [0.717, 1.165) is 12.8 Å². The Morgan fingerprint density at radius 3 is 1.80 bits per heavy atom. The summed E-state index contributed by atoms with van der Waals surface area (Å²) in [6.45, 7) is 15.3. The summed E-state index contributed by atoms with van der Waals surface area (Å²) in [5.41, 5.74) is -0.410. The number of nitrogens with zero attached hydrogens (tertiary/aromatic N) is 2. The highest BCUT2D eigenvalue weighted by Gasteiger charge is 2.32. The lowest BCUT2D eigenvalue weighted by atomic mass is 9.75. The summed E-state index contributed by atoms with van der Waals surface area (Å²) in [7, 11) is 0. The second-order valence-electron chi connectivity index (χ2n) is 11.8. The van der Waals surface area contributed by atoms with E-state index in [1.54, 1.807) is 4.57 Å². The van der Waals surface area contributed by atoms with Crippen LogP contribution in [0.4, 0.5) is 0 Å². The summed E-state index contributed by atoms with van der Waals surface area (Å²) in [5.74, 6) is 3.39. The Morgan fingerprint density at radius 1 is 0.886 bits per heavy atom. The highest BCUT2D eigenvalue weighted by atomic mass is 32.1. The molecule has 3 rings (SSSR count). The Bertz CT molecular complexity index is 925. The molecule has 199 valence electrons. The molecule has 35 heavy (non-hydrogen) atoms. The van der Waals surface area contributed by atoms with Gasteiger partial charge in [0.2, 0.25) is 5.88 Å². The average molecular weight is 508 g/mol. The van der Waals surface area contributed by atoms with E-state index in [9.17, 15) is 9.90 Å². The van der Waals surface area contributed by atoms with Gasteiger partial charge in [0.15, 0.2) is 4.77 Å². The second-order valence-corrected chi connectivity index (χ2v) is 12.2. The molecule has 6 unspecified atom stereocenters. The van der Waals surface area contributed by atoms with E-state index in [4.69, 9.17) is 21.7 Å². The largest absolute Gasteiger partial charge is 0.494 e. The predicted molar refractivity (Wildman–Crippen MR) is 142 cm³/mol. The Labute approximate surface area is 217 Å². The maximum atomic E-state index is 12.6. The molecule has 0 aliphatic heterocycles. The van der Waals surface area contributed by atoms with Crippen molar-refractivity contribution in [3.63, 3.8) is 0 Å². The Morgan fingerprint density at radius 2 is 1.34 bits per heavy atom. The molecule has 0 bridgehead atoms. The van der Waals surface area contributed by atoms with Crippen LogP contribution in [0.15, 0.2) is 4.79 Å². The lowest BCUT2D eigenvalue weighted by Crippen LogP contribution is -2.36. The van der Waals surface area contributed by atoms with Crippen molar-refractivity contribution >= 4 is 12.2 Å². The van der Waals surface area contributed by atoms with Gasteiger partial charge >= 0.3 is 0 Å². The first-order chi connectivity index (χ1) is 16.6. The number of rotatable bonds is 10. The molecule has 6 nitrogen and oxygen atoms in total. The van der Waals surface area contributed by atoms with Crippen molar-refractivity contribution in [1.29, 1.82) is 0 Å². The first kappa shape index (κ1) is 28.4. The molecule has 0 spiro atoms. The van der Waals surface area contributed by atoms with Crippen LogP contribution in [-0.2, 0) is 22.6 Å². The van der Waals surface area contributed by atoms with Crippen LogP contribution in [0.3, 0.4) is 0 Å². The lowest BCUT2D eigenvalue weighted by Gasteiger charge is -2.37. The first-order valence-corrected chi connectivity index (χ1v) is 14.2. The molecule has 1 radical (unpaired) electrons. The Kier molecular flexibility index (Phi) is 10.4. The zero-order valence-electron chi connectivity index (χ0n) is 22.7. The quantitative estimate of drug-likeness (QED) is 0.403. The number of hydrogen-bond acceptors (Lipinski definition) is 5. The normalized spacial score (nSPS) is 29.7. The molecule has 1 aromatic heterocycles. The molecular formula is C28H47N2O4S. The minimum Gasteiger partial charge on any atom is -0.494 e. The van der Waals surface area contributed by atoms with E-state index in [1.165, 1.54) is 30.3 Å². The third-order valence-corrected chi connectivity index (χ3v) is 8.84. The molecular weight excluding hydrogens is 460 g/mol. The molecule has 2 fully saturated rings. The van der Waals surface area contributed by atoms with Crippen molar-refractivity contribution in [2.24, 2.45) is 35.5 Å². The van der Waals surface area contributed by atoms with Crippen LogP contribution in [-0.4, -0.2) is 39.7 Å². The van der Waals surface area contributed by atoms with Gasteiger partial charge < -0.3 is 14.6 Å². The van der Waals surface area contributed by atoms with Crippen LogP contribution < -0.4 is 5.56 Å². The van der Waals surface area contributed by atoms with Gasteiger partial charge in [-0.15, -0.1) is 0 Å². The second kappa shape index (κ2) is 12.9. The van der Waals surface area contributed by atoms with Gasteiger partial charge in [-0.1, -0.05) is 54.4 Å². The number of aromatic hydroxyl groups is 1. The minimum atomic E-state index is -0.410. The SMILES string of the molecule is CC1CCC(C(C)C)C(OCCn2c(O)[c]c(=O)n(CCOC3CC(C)CCC3C(C)C)c2=S)C1. The van der Waals surface area contributed by atoms with Crippen molar-refractivity contribution < 1.29 is 14.6 Å². The molecule has 0 amide bonds. The monoisotopic (exact) mass is 507 g/mol. The first-order valence-electron chi connectivity index (χ1n) is 13.8. The summed E-state index contributed by atoms with van der Waals surface area (Å²) in [6.07, 6.45) is 7.49. The molecule has 6 atom stereocenters. The Hall–Kier alpha value is -1.18. The fourth-order valence-corrected chi connectivity index (χ4v) is 6.51. The van der Waals surface area contributed by atoms with Crippen LogP contribution in [0.25, 0.3) is 0 Å². The van der Waals surface area contributed by atoms with Crippen LogP contribution in [0.1, 0.15) is 80.1 Å².